The van der Waals surface area contributed by atoms with Crippen LogP contribution < -0.4 is 10.1 Å². The van der Waals surface area contributed by atoms with E-state index in [1.165, 1.54) is 19.3 Å². The summed E-state index contributed by atoms with van der Waals surface area (Å²) in [5.41, 5.74) is 0.170. The van der Waals surface area contributed by atoms with Crippen molar-refractivity contribution in [2.75, 3.05) is 12.4 Å². The van der Waals surface area contributed by atoms with Gasteiger partial charge in [0.25, 0.3) is 0 Å². The highest BCUT2D eigenvalue weighted by molar-refractivity contribution is 6.32. The molecule has 1 saturated carbocycles. The van der Waals surface area contributed by atoms with Crippen LogP contribution in [0.15, 0.2) is 6.20 Å². The van der Waals surface area contributed by atoms with E-state index < -0.39 is 0 Å². The van der Waals surface area contributed by atoms with Crippen molar-refractivity contribution in [3.05, 3.63) is 11.2 Å². The van der Waals surface area contributed by atoms with Gasteiger partial charge in [0.1, 0.15) is 5.02 Å². The second-order valence-electron chi connectivity index (χ2n) is 4.17. The lowest BCUT2D eigenvalue weighted by Gasteiger charge is -2.42. The van der Waals surface area contributed by atoms with E-state index in [0.717, 1.165) is 6.42 Å². The van der Waals surface area contributed by atoms with Gasteiger partial charge in [0, 0.05) is 5.54 Å². The number of anilines is 1. The Labute approximate surface area is 100 Å². The largest absolute Gasteiger partial charge is 0.467 e. The van der Waals surface area contributed by atoms with Crippen molar-refractivity contribution in [3.8, 4) is 6.01 Å². The number of aromatic nitrogens is 2. The predicted octanol–water partition coefficient (Wildman–Crippen LogP) is 2.88. The molecule has 2 rings (SSSR count). The first kappa shape index (κ1) is 11.5. The van der Waals surface area contributed by atoms with E-state index in [1.54, 1.807) is 13.3 Å². The lowest BCUT2D eigenvalue weighted by Crippen LogP contribution is -2.44. The molecule has 1 N–H and O–H groups in total. The summed E-state index contributed by atoms with van der Waals surface area (Å²) >= 11 is 6.05. The molecule has 0 unspecified atom stereocenters. The van der Waals surface area contributed by atoms with Crippen LogP contribution in [0.25, 0.3) is 0 Å². The Morgan fingerprint density at radius 3 is 2.81 bits per heavy atom. The number of nitrogens with one attached hydrogen (secondary N) is 1. The zero-order valence-electron chi connectivity index (χ0n) is 9.59. The molecule has 88 valence electrons. The van der Waals surface area contributed by atoms with Gasteiger partial charge in [0.15, 0.2) is 5.82 Å². The quantitative estimate of drug-likeness (QED) is 0.881. The SMILES string of the molecule is CCC1(Nc2nc(OC)ncc2Cl)CCC1. The minimum Gasteiger partial charge on any atom is -0.467 e. The van der Waals surface area contributed by atoms with E-state index in [-0.39, 0.29) is 5.54 Å². The van der Waals surface area contributed by atoms with Crippen LogP contribution in [0, 0.1) is 0 Å². The second kappa shape index (κ2) is 4.45. The van der Waals surface area contributed by atoms with Gasteiger partial charge in [-0.25, -0.2) is 4.98 Å². The van der Waals surface area contributed by atoms with Gasteiger partial charge in [-0.05, 0) is 25.7 Å². The fourth-order valence-corrected chi connectivity index (χ4v) is 2.10. The van der Waals surface area contributed by atoms with Crippen LogP contribution in [-0.2, 0) is 0 Å². The molecule has 0 radical (unpaired) electrons. The molecular formula is C11H16ClN3O. The summed E-state index contributed by atoms with van der Waals surface area (Å²) in [5, 5.41) is 3.96. The third-order valence-corrected chi connectivity index (χ3v) is 3.55. The van der Waals surface area contributed by atoms with Gasteiger partial charge < -0.3 is 10.1 Å². The maximum Gasteiger partial charge on any atom is 0.318 e. The Kier molecular flexibility index (Phi) is 3.19. The van der Waals surface area contributed by atoms with E-state index in [9.17, 15) is 0 Å². The fraction of sp³-hybridized carbons (Fsp3) is 0.636. The molecule has 0 atom stereocenters. The molecule has 16 heavy (non-hydrogen) atoms. The highest BCUT2D eigenvalue weighted by atomic mass is 35.5. The predicted molar refractivity (Wildman–Crippen MR) is 64.1 cm³/mol. The summed E-state index contributed by atoms with van der Waals surface area (Å²) in [6.07, 6.45) is 6.26. The molecule has 1 aromatic heterocycles. The molecule has 0 spiro atoms. The van der Waals surface area contributed by atoms with E-state index in [4.69, 9.17) is 16.3 Å². The average molecular weight is 242 g/mol. The summed E-state index contributed by atoms with van der Waals surface area (Å²) in [6.45, 7) is 2.18. The topological polar surface area (TPSA) is 47.0 Å². The number of ether oxygens (including phenoxy) is 1. The summed E-state index contributed by atoms with van der Waals surface area (Å²) in [4.78, 5) is 8.18. The van der Waals surface area contributed by atoms with Crippen molar-refractivity contribution in [3.63, 3.8) is 0 Å². The molecule has 1 aromatic rings. The fourth-order valence-electron chi connectivity index (χ4n) is 1.96. The second-order valence-corrected chi connectivity index (χ2v) is 4.57. The number of hydrogen-bond donors (Lipinski definition) is 1. The molecule has 1 aliphatic rings. The molecule has 1 aliphatic carbocycles. The molecule has 0 aliphatic heterocycles. The van der Waals surface area contributed by atoms with Crippen molar-refractivity contribution in [1.82, 2.24) is 9.97 Å². The van der Waals surface area contributed by atoms with Gasteiger partial charge in [-0.3, -0.25) is 0 Å². The first-order valence-corrected chi connectivity index (χ1v) is 5.91. The van der Waals surface area contributed by atoms with Crippen LogP contribution in [-0.4, -0.2) is 22.6 Å². The van der Waals surface area contributed by atoms with E-state index in [2.05, 4.69) is 22.2 Å². The molecular weight excluding hydrogens is 226 g/mol. The average Bonchev–Trinajstić information content (AvgIpc) is 2.26. The smallest absolute Gasteiger partial charge is 0.318 e. The Morgan fingerprint density at radius 1 is 1.56 bits per heavy atom. The normalized spacial score (nSPS) is 17.7. The van der Waals surface area contributed by atoms with Gasteiger partial charge >= 0.3 is 6.01 Å². The van der Waals surface area contributed by atoms with Gasteiger partial charge in [0.05, 0.1) is 13.3 Å². The summed E-state index contributed by atoms with van der Waals surface area (Å²) in [6, 6.07) is 0.345. The minimum absolute atomic E-state index is 0.170. The first-order valence-electron chi connectivity index (χ1n) is 5.54. The lowest BCUT2D eigenvalue weighted by atomic mass is 9.75. The summed E-state index contributed by atoms with van der Waals surface area (Å²) in [5.74, 6) is 0.676. The molecule has 5 heteroatoms. The van der Waals surface area contributed by atoms with Gasteiger partial charge in [0.2, 0.25) is 0 Å². The van der Waals surface area contributed by atoms with Crippen molar-refractivity contribution in [2.24, 2.45) is 0 Å². The van der Waals surface area contributed by atoms with Crippen LogP contribution >= 0.6 is 11.6 Å². The maximum absolute atomic E-state index is 6.05. The zero-order valence-corrected chi connectivity index (χ0v) is 10.3. The number of rotatable bonds is 4. The van der Waals surface area contributed by atoms with Crippen LogP contribution in [0.2, 0.25) is 5.02 Å². The molecule has 4 nitrogen and oxygen atoms in total. The third kappa shape index (κ3) is 2.07. The number of nitrogens with zero attached hydrogens (tertiary/aromatic N) is 2. The van der Waals surface area contributed by atoms with Crippen molar-refractivity contribution < 1.29 is 4.74 Å². The zero-order chi connectivity index (χ0) is 11.6. The van der Waals surface area contributed by atoms with Gasteiger partial charge in [-0.2, -0.15) is 4.98 Å². The van der Waals surface area contributed by atoms with E-state index in [1.807, 2.05) is 0 Å². The van der Waals surface area contributed by atoms with E-state index >= 15 is 0 Å². The minimum atomic E-state index is 0.170. The highest BCUT2D eigenvalue weighted by Gasteiger charge is 2.35. The highest BCUT2D eigenvalue weighted by Crippen LogP contribution is 2.38. The Balaban J connectivity index is 2.19. The van der Waals surface area contributed by atoms with Crippen LogP contribution in [0.4, 0.5) is 5.82 Å². The Morgan fingerprint density at radius 2 is 2.31 bits per heavy atom. The Bertz CT molecular complexity index is 374. The molecule has 0 saturated heterocycles. The monoisotopic (exact) mass is 241 g/mol. The van der Waals surface area contributed by atoms with Crippen LogP contribution in [0.3, 0.4) is 0 Å². The van der Waals surface area contributed by atoms with Gasteiger partial charge in [-0.1, -0.05) is 18.5 Å². The molecule has 0 amide bonds. The molecule has 0 bridgehead atoms. The number of methoxy groups -OCH3 is 1. The maximum atomic E-state index is 6.05. The van der Waals surface area contributed by atoms with Crippen molar-refractivity contribution in [2.45, 2.75) is 38.1 Å². The summed E-state index contributed by atoms with van der Waals surface area (Å²) < 4.78 is 4.99. The molecule has 0 aromatic carbocycles. The van der Waals surface area contributed by atoms with E-state index in [0.29, 0.717) is 16.9 Å². The Hall–Kier alpha value is -1.03. The molecule has 1 fully saturated rings. The van der Waals surface area contributed by atoms with Crippen LogP contribution in [0.1, 0.15) is 32.6 Å². The molecule has 1 heterocycles. The number of hydrogen-bond acceptors (Lipinski definition) is 4. The van der Waals surface area contributed by atoms with Crippen molar-refractivity contribution in [1.29, 1.82) is 0 Å². The van der Waals surface area contributed by atoms with Gasteiger partial charge in [-0.15, -0.1) is 0 Å². The lowest BCUT2D eigenvalue weighted by molar-refractivity contribution is 0.268. The van der Waals surface area contributed by atoms with Crippen LogP contribution in [0.5, 0.6) is 6.01 Å². The standard InChI is InChI=1S/C11H16ClN3O/c1-3-11(5-4-6-11)15-9-8(12)7-13-10(14-9)16-2/h7H,3-6H2,1-2H3,(H,13,14,15). The number of halogens is 1. The third-order valence-electron chi connectivity index (χ3n) is 3.28. The summed E-state index contributed by atoms with van der Waals surface area (Å²) in [7, 11) is 1.55. The van der Waals surface area contributed by atoms with Crippen molar-refractivity contribution >= 4 is 17.4 Å². The first-order chi connectivity index (χ1) is 7.69.